The molecule has 0 spiro atoms. The molecule has 0 aromatic rings. The number of hydrogen-bond donors (Lipinski definition) is 1. The molecule has 0 aromatic heterocycles. The SMILES string of the molecule is CC.CCCC(CO)N(C)C. The van der Waals surface area contributed by atoms with Crippen LogP contribution in [0.1, 0.15) is 33.6 Å². The van der Waals surface area contributed by atoms with Gasteiger partial charge in [-0.3, -0.25) is 0 Å². The lowest BCUT2D eigenvalue weighted by Gasteiger charge is -2.20. The maximum atomic E-state index is 8.79. The van der Waals surface area contributed by atoms with Crippen LogP contribution in [-0.4, -0.2) is 36.8 Å². The summed E-state index contributed by atoms with van der Waals surface area (Å²) >= 11 is 0. The molecule has 0 saturated heterocycles. The predicted octanol–water partition coefficient (Wildman–Crippen LogP) is 1.74. The minimum absolute atomic E-state index is 0.279. The third kappa shape index (κ3) is 7.82. The molecule has 0 radical (unpaired) electrons. The van der Waals surface area contributed by atoms with Crippen LogP contribution in [0, 0.1) is 0 Å². The molecule has 1 atom stereocenters. The van der Waals surface area contributed by atoms with Crippen LogP contribution in [0.2, 0.25) is 0 Å². The molecule has 2 nitrogen and oxygen atoms in total. The van der Waals surface area contributed by atoms with Crippen LogP contribution in [0.4, 0.5) is 0 Å². The highest BCUT2D eigenvalue weighted by molar-refractivity contribution is 4.62. The lowest BCUT2D eigenvalue weighted by molar-refractivity contribution is 0.161. The lowest BCUT2D eigenvalue weighted by Crippen LogP contribution is -2.30. The fourth-order valence-corrected chi connectivity index (χ4v) is 0.846. The Balaban J connectivity index is 0. The molecule has 2 heteroatoms. The van der Waals surface area contributed by atoms with Gasteiger partial charge in [0.15, 0.2) is 0 Å². The van der Waals surface area contributed by atoms with Crippen molar-refractivity contribution in [3.8, 4) is 0 Å². The molecule has 0 aliphatic heterocycles. The summed E-state index contributed by atoms with van der Waals surface area (Å²) < 4.78 is 0. The first kappa shape index (κ1) is 13.5. The van der Waals surface area contributed by atoms with Crippen LogP contribution in [0.15, 0.2) is 0 Å². The third-order valence-electron chi connectivity index (χ3n) is 1.56. The molecule has 70 valence electrons. The Hall–Kier alpha value is -0.0800. The van der Waals surface area contributed by atoms with Gasteiger partial charge in [0.25, 0.3) is 0 Å². The molecule has 0 heterocycles. The van der Waals surface area contributed by atoms with Crippen LogP contribution in [-0.2, 0) is 0 Å². The smallest absolute Gasteiger partial charge is 0.0586 e. The van der Waals surface area contributed by atoms with E-state index in [2.05, 4.69) is 11.8 Å². The highest BCUT2D eigenvalue weighted by atomic mass is 16.3. The molecule has 1 N–H and O–H groups in total. The van der Waals surface area contributed by atoms with Gasteiger partial charge in [0.05, 0.1) is 6.61 Å². The summed E-state index contributed by atoms with van der Waals surface area (Å²) in [5.74, 6) is 0. The highest BCUT2D eigenvalue weighted by Gasteiger charge is 2.06. The molecule has 1 unspecified atom stereocenters. The Bertz CT molecular complexity index is 64.6. The molecular formula is C9H23NO. The molecule has 0 bridgehead atoms. The maximum Gasteiger partial charge on any atom is 0.0586 e. The van der Waals surface area contributed by atoms with E-state index < -0.39 is 0 Å². The van der Waals surface area contributed by atoms with Gasteiger partial charge < -0.3 is 10.0 Å². The van der Waals surface area contributed by atoms with Gasteiger partial charge in [-0.15, -0.1) is 0 Å². The Morgan fingerprint density at radius 1 is 1.27 bits per heavy atom. The fourth-order valence-electron chi connectivity index (χ4n) is 0.846. The van der Waals surface area contributed by atoms with E-state index in [1.165, 1.54) is 0 Å². The molecule has 0 saturated carbocycles. The van der Waals surface area contributed by atoms with Gasteiger partial charge in [-0.2, -0.15) is 0 Å². The Morgan fingerprint density at radius 2 is 1.73 bits per heavy atom. The normalized spacial score (nSPS) is 12.3. The van der Waals surface area contributed by atoms with Gasteiger partial charge in [-0.25, -0.2) is 0 Å². The molecular weight excluding hydrogens is 138 g/mol. The van der Waals surface area contributed by atoms with Gasteiger partial charge in [0.2, 0.25) is 0 Å². The predicted molar refractivity (Wildman–Crippen MR) is 50.8 cm³/mol. The second-order valence-corrected chi connectivity index (χ2v) is 2.59. The van der Waals surface area contributed by atoms with Gasteiger partial charge in [0.1, 0.15) is 0 Å². The van der Waals surface area contributed by atoms with Gasteiger partial charge in [-0.1, -0.05) is 27.2 Å². The van der Waals surface area contributed by atoms with Crippen molar-refractivity contribution in [3.05, 3.63) is 0 Å². The van der Waals surface area contributed by atoms with Crippen molar-refractivity contribution in [1.82, 2.24) is 4.90 Å². The third-order valence-corrected chi connectivity index (χ3v) is 1.56. The maximum absolute atomic E-state index is 8.79. The largest absolute Gasteiger partial charge is 0.395 e. The number of likely N-dealkylation sites (N-methyl/N-ethyl adjacent to an activating group) is 1. The van der Waals surface area contributed by atoms with Gasteiger partial charge in [-0.05, 0) is 20.5 Å². The average Bonchev–Trinajstić information content (AvgIpc) is 2.03. The van der Waals surface area contributed by atoms with Crippen molar-refractivity contribution in [2.24, 2.45) is 0 Å². The van der Waals surface area contributed by atoms with Crippen LogP contribution in [0.5, 0.6) is 0 Å². The molecule has 0 aliphatic rings. The van der Waals surface area contributed by atoms with Crippen LogP contribution in [0.3, 0.4) is 0 Å². The van der Waals surface area contributed by atoms with E-state index in [4.69, 9.17) is 5.11 Å². The first-order valence-corrected chi connectivity index (χ1v) is 4.49. The second kappa shape index (κ2) is 9.92. The summed E-state index contributed by atoms with van der Waals surface area (Å²) in [5.41, 5.74) is 0. The Labute approximate surface area is 71.2 Å². The molecule has 0 fully saturated rings. The minimum atomic E-state index is 0.279. The number of hydrogen-bond acceptors (Lipinski definition) is 2. The highest BCUT2D eigenvalue weighted by Crippen LogP contribution is 2.00. The summed E-state index contributed by atoms with van der Waals surface area (Å²) in [4.78, 5) is 2.06. The number of aliphatic hydroxyl groups excluding tert-OH is 1. The lowest BCUT2D eigenvalue weighted by atomic mass is 10.2. The van der Waals surface area contributed by atoms with E-state index in [-0.39, 0.29) is 6.61 Å². The van der Waals surface area contributed by atoms with Crippen molar-refractivity contribution in [2.45, 2.75) is 39.7 Å². The van der Waals surface area contributed by atoms with E-state index in [1.807, 2.05) is 27.9 Å². The molecule has 11 heavy (non-hydrogen) atoms. The quantitative estimate of drug-likeness (QED) is 0.679. The van der Waals surface area contributed by atoms with Crippen LogP contribution < -0.4 is 0 Å². The fraction of sp³-hybridized carbons (Fsp3) is 1.00. The van der Waals surface area contributed by atoms with E-state index in [1.54, 1.807) is 0 Å². The zero-order valence-corrected chi connectivity index (χ0v) is 8.59. The van der Waals surface area contributed by atoms with Gasteiger partial charge in [0, 0.05) is 6.04 Å². The number of nitrogens with zero attached hydrogens (tertiary/aromatic N) is 1. The number of rotatable bonds is 4. The summed E-state index contributed by atoms with van der Waals surface area (Å²) in [6, 6.07) is 0.356. The topological polar surface area (TPSA) is 23.5 Å². The van der Waals surface area contributed by atoms with Crippen molar-refractivity contribution in [1.29, 1.82) is 0 Å². The van der Waals surface area contributed by atoms with Crippen molar-refractivity contribution in [2.75, 3.05) is 20.7 Å². The van der Waals surface area contributed by atoms with E-state index in [0.717, 1.165) is 12.8 Å². The minimum Gasteiger partial charge on any atom is -0.395 e. The molecule has 0 aliphatic carbocycles. The van der Waals surface area contributed by atoms with E-state index in [9.17, 15) is 0 Å². The van der Waals surface area contributed by atoms with Crippen LogP contribution >= 0.6 is 0 Å². The summed E-state index contributed by atoms with van der Waals surface area (Å²) in [6.45, 7) is 6.41. The van der Waals surface area contributed by atoms with E-state index >= 15 is 0 Å². The standard InChI is InChI=1S/C7H17NO.C2H6/c1-4-5-7(6-9)8(2)3;1-2/h7,9H,4-6H2,1-3H3;1-2H3. The van der Waals surface area contributed by atoms with E-state index in [0.29, 0.717) is 6.04 Å². The summed E-state index contributed by atoms with van der Waals surface area (Å²) in [6.07, 6.45) is 2.23. The van der Waals surface area contributed by atoms with Gasteiger partial charge >= 0.3 is 0 Å². The molecule has 0 aromatic carbocycles. The first-order chi connectivity index (χ1) is 5.22. The van der Waals surface area contributed by atoms with Crippen molar-refractivity contribution in [3.63, 3.8) is 0 Å². The Kier molecular flexibility index (Phi) is 12.2. The average molecular weight is 161 g/mol. The van der Waals surface area contributed by atoms with Crippen molar-refractivity contribution < 1.29 is 5.11 Å². The zero-order valence-electron chi connectivity index (χ0n) is 8.59. The second-order valence-electron chi connectivity index (χ2n) is 2.59. The van der Waals surface area contributed by atoms with Crippen molar-refractivity contribution >= 4 is 0 Å². The Morgan fingerprint density at radius 3 is 1.82 bits per heavy atom. The molecule has 0 rings (SSSR count). The molecule has 0 amide bonds. The zero-order chi connectivity index (χ0) is 9.28. The van der Waals surface area contributed by atoms with Crippen LogP contribution in [0.25, 0.3) is 0 Å². The summed E-state index contributed by atoms with van der Waals surface area (Å²) in [7, 11) is 3.99. The monoisotopic (exact) mass is 161 g/mol. The number of aliphatic hydroxyl groups is 1. The first-order valence-electron chi connectivity index (χ1n) is 4.49. The summed E-state index contributed by atoms with van der Waals surface area (Å²) in [5, 5.41) is 8.79.